The van der Waals surface area contributed by atoms with Crippen molar-refractivity contribution >= 4 is 23.5 Å². The van der Waals surface area contributed by atoms with E-state index < -0.39 is 0 Å². The van der Waals surface area contributed by atoms with E-state index in [1.54, 1.807) is 0 Å². The van der Waals surface area contributed by atoms with Crippen LogP contribution in [0, 0.1) is 0 Å². The Morgan fingerprint density at radius 3 is 3.08 bits per heavy atom. The second-order valence-corrected chi connectivity index (χ2v) is 7.05. The molecule has 0 amide bonds. The monoisotopic (exact) mass is 352 g/mol. The third-order valence-corrected chi connectivity index (χ3v) is 5.06. The van der Waals surface area contributed by atoms with Gasteiger partial charge in [0.25, 0.3) is 0 Å². The highest BCUT2D eigenvalue weighted by Gasteiger charge is 2.24. The van der Waals surface area contributed by atoms with Crippen LogP contribution < -0.4 is 0 Å². The summed E-state index contributed by atoms with van der Waals surface area (Å²) in [6.45, 7) is 0. The summed E-state index contributed by atoms with van der Waals surface area (Å²) < 4.78 is 6.09. The van der Waals surface area contributed by atoms with E-state index >= 15 is 0 Å². The SMILES string of the molecule is Clc1cccc(C2CCCc3oc(C4=C\CC\C=C/C=N/4)nc3C2)c1. The van der Waals surface area contributed by atoms with E-state index in [1.807, 2.05) is 24.4 Å². The largest absolute Gasteiger partial charge is 0.440 e. The van der Waals surface area contributed by atoms with Crippen molar-refractivity contribution in [3.05, 3.63) is 70.4 Å². The van der Waals surface area contributed by atoms with Gasteiger partial charge in [-0.2, -0.15) is 0 Å². The summed E-state index contributed by atoms with van der Waals surface area (Å²) in [5, 5.41) is 0.796. The molecule has 1 aliphatic carbocycles. The van der Waals surface area contributed by atoms with E-state index in [-0.39, 0.29) is 0 Å². The number of benzene rings is 1. The number of aryl methyl sites for hydroxylation is 1. The minimum atomic E-state index is 0.440. The van der Waals surface area contributed by atoms with Crippen molar-refractivity contribution in [3.63, 3.8) is 0 Å². The maximum absolute atomic E-state index is 6.18. The molecule has 128 valence electrons. The number of fused-ring (bicyclic) bond motifs is 1. The molecule has 1 aliphatic heterocycles. The van der Waals surface area contributed by atoms with Crippen LogP contribution in [-0.2, 0) is 12.8 Å². The Kier molecular flexibility index (Phi) is 4.84. The average molecular weight is 353 g/mol. The Balaban J connectivity index is 1.61. The molecule has 0 bridgehead atoms. The fourth-order valence-electron chi connectivity index (χ4n) is 3.53. The van der Waals surface area contributed by atoms with Gasteiger partial charge in [-0.1, -0.05) is 35.9 Å². The molecule has 2 heterocycles. The molecule has 4 heteroatoms. The number of allylic oxidation sites excluding steroid dienone is 3. The highest BCUT2D eigenvalue weighted by Crippen LogP contribution is 2.34. The van der Waals surface area contributed by atoms with Gasteiger partial charge in [0.15, 0.2) is 0 Å². The zero-order valence-corrected chi connectivity index (χ0v) is 14.9. The van der Waals surface area contributed by atoms with Gasteiger partial charge >= 0.3 is 0 Å². The van der Waals surface area contributed by atoms with Crippen molar-refractivity contribution in [2.45, 2.75) is 44.4 Å². The van der Waals surface area contributed by atoms with E-state index in [1.165, 1.54) is 5.56 Å². The van der Waals surface area contributed by atoms with Crippen molar-refractivity contribution in [3.8, 4) is 0 Å². The molecule has 1 unspecified atom stereocenters. The van der Waals surface area contributed by atoms with Crippen LogP contribution >= 0.6 is 11.6 Å². The maximum Gasteiger partial charge on any atom is 0.245 e. The lowest BCUT2D eigenvalue weighted by Gasteiger charge is -2.14. The molecule has 0 fully saturated rings. The first-order valence-corrected chi connectivity index (χ1v) is 9.31. The molecule has 0 saturated heterocycles. The predicted octanol–water partition coefficient (Wildman–Crippen LogP) is 5.75. The van der Waals surface area contributed by atoms with Crippen LogP contribution in [0.2, 0.25) is 5.02 Å². The van der Waals surface area contributed by atoms with Crippen LogP contribution in [0.5, 0.6) is 0 Å². The summed E-state index contributed by atoms with van der Waals surface area (Å²) in [4.78, 5) is 9.28. The molecule has 1 aromatic carbocycles. The first-order valence-electron chi connectivity index (χ1n) is 8.93. The number of oxazole rings is 1. The van der Waals surface area contributed by atoms with Gasteiger partial charge in [-0.15, -0.1) is 0 Å². The molecular weight excluding hydrogens is 332 g/mol. The van der Waals surface area contributed by atoms with Crippen LogP contribution in [0.1, 0.15) is 54.5 Å². The van der Waals surface area contributed by atoms with Crippen molar-refractivity contribution in [2.24, 2.45) is 4.99 Å². The molecule has 25 heavy (non-hydrogen) atoms. The molecule has 3 nitrogen and oxygen atoms in total. The lowest BCUT2D eigenvalue weighted by atomic mass is 9.92. The molecule has 2 aliphatic rings. The van der Waals surface area contributed by atoms with Gasteiger partial charge in [0, 0.05) is 24.1 Å². The summed E-state index contributed by atoms with van der Waals surface area (Å²) in [5.74, 6) is 2.12. The number of nitrogens with zero attached hydrogens (tertiary/aromatic N) is 2. The second-order valence-electron chi connectivity index (χ2n) is 6.61. The van der Waals surface area contributed by atoms with E-state index in [0.717, 1.165) is 60.7 Å². The van der Waals surface area contributed by atoms with Crippen molar-refractivity contribution in [1.82, 2.24) is 4.98 Å². The number of aromatic nitrogens is 1. The Bertz CT molecular complexity index is 847. The topological polar surface area (TPSA) is 38.4 Å². The van der Waals surface area contributed by atoms with Crippen LogP contribution in [0.15, 0.2) is 51.9 Å². The predicted molar refractivity (Wildman–Crippen MR) is 102 cm³/mol. The standard InChI is InChI=1S/C21H21ClN2O/c22-17-9-5-7-15(13-17)16-8-6-11-20-19(14-16)24-21(25-20)18-10-3-1-2-4-12-23-18/h2,4-5,7,9-10,12-13,16H,1,3,6,8,11,14H2/b4-2-,18-10-,23-12+. The van der Waals surface area contributed by atoms with E-state index in [2.05, 4.69) is 29.3 Å². The van der Waals surface area contributed by atoms with Gasteiger partial charge in [0.1, 0.15) is 11.5 Å². The van der Waals surface area contributed by atoms with Crippen LogP contribution in [-0.4, -0.2) is 11.2 Å². The summed E-state index contributed by atoms with van der Waals surface area (Å²) in [6, 6.07) is 8.19. The number of aliphatic imine (C=N–C) groups is 1. The van der Waals surface area contributed by atoms with Crippen molar-refractivity contribution in [1.29, 1.82) is 0 Å². The Labute approximate surface area is 153 Å². The minimum Gasteiger partial charge on any atom is -0.440 e. The van der Waals surface area contributed by atoms with E-state index in [9.17, 15) is 0 Å². The molecule has 4 rings (SSSR count). The quantitative estimate of drug-likeness (QED) is 0.645. The van der Waals surface area contributed by atoms with Gasteiger partial charge in [-0.05, 0) is 55.4 Å². The normalized spacial score (nSPS) is 25.0. The minimum absolute atomic E-state index is 0.440. The van der Waals surface area contributed by atoms with E-state index in [4.69, 9.17) is 21.0 Å². The van der Waals surface area contributed by atoms with Crippen molar-refractivity contribution in [2.75, 3.05) is 0 Å². The molecular formula is C21H21ClN2O. The van der Waals surface area contributed by atoms with Crippen LogP contribution in [0.25, 0.3) is 5.70 Å². The molecule has 0 spiro atoms. The molecule has 1 atom stereocenters. The number of hydrogen-bond acceptors (Lipinski definition) is 3. The smallest absolute Gasteiger partial charge is 0.245 e. The van der Waals surface area contributed by atoms with Gasteiger partial charge in [0.2, 0.25) is 5.89 Å². The Morgan fingerprint density at radius 2 is 2.16 bits per heavy atom. The van der Waals surface area contributed by atoms with E-state index in [0.29, 0.717) is 11.8 Å². The third-order valence-electron chi connectivity index (χ3n) is 4.82. The highest BCUT2D eigenvalue weighted by atomic mass is 35.5. The molecule has 0 saturated carbocycles. The van der Waals surface area contributed by atoms with Crippen LogP contribution in [0.4, 0.5) is 0 Å². The van der Waals surface area contributed by atoms with Crippen LogP contribution in [0.3, 0.4) is 0 Å². The van der Waals surface area contributed by atoms with Crippen molar-refractivity contribution < 1.29 is 4.42 Å². The summed E-state index contributed by atoms with van der Waals surface area (Å²) in [7, 11) is 0. The molecule has 0 radical (unpaired) electrons. The maximum atomic E-state index is 6.18. The lowest BCUT2D eigenvalue weighted by Crippen LogP contribution is -2.02. The molecule has 2 aromatic rings. The van der Waals surface area contributed by atoms with Gasteiger partial charge in [-0.3, -0.25) is 4.99 Å². The first-order chi connectivity index (χ1) is 12.3. The second kappa shape index (κ2) is 7.40. The number of halogens is 1. The Morgan fingerprint density at radius 1 is 1.20 bits per heavy atom. The van der Waals surface area contributed by atoms with Gasteiger partial charge in [-0.25, -0.2) is 4.98 Å². The summed E-state index contributed by atoms with van der Waals surface area (Å²) in [5.41, 5.74) is 3.21. The number of rotatable bonds is 2. The van der Waals surface area contributed by atoms with Gasteiger partial charge < -0.3 is 4.42 Å². The molecule has 0 N–H and O–H groups in total. The van der Waals surface area contributed by atoms with Gasteiger partial charge in [0.05, 0.1) is 5.69 Å². The number of hydrogen-bond donors (Lipinski definition) is 0. The fourth-order valence-corrected chi connectivity index (χ4v) is 3.73. The molecule has 1 aromatic heterocycles. The zero-order chi connectivity index (χ0) is 17.1. The average Bonchev–Trinajstić information content (AvgIpc) is 2.86. The highest BCUT2D eigenvalue weighted by molar-refractivity contribution is 6.30. The first kappa shape index (κ1) is 16.3. The Hall–Kier alpha value is -2.13. The summed E-state index contributed by atoms with van der Waals surface area (Å²) in [6.07, 6.45) is 14.1. The zero-order valence-electron chi connectivity index (χ0n) is 14.1. The summed E-state index contributed by atoms with van der Waals surface area (Å²) >= 11 is 6.18. The lowest BCUT2D eigenvalue weighted by molar-refractivity contribution is 0.481. The fraction of sp³-hybridized carbons (Fsp3) is 0.333. The third kappa shape index (κ3) is 3.77.